The van der Waals surface area contributed by atoms with E-state index in [0.717, 1.165) is 25.8 Å². The summed E-state index contributed by atoms with van der Waals surface area (Å²) in [4.78, 5) is 14.3. The summed E-state index contributed by atoms with van der Waals surface area (Å²) in [5.74, 6) is 0. The third-order valence-corrected chi connectivity index (χ3v) is 4.40. The van der Waals surface area contributed by atoms with Crippen LogP contribution in [-0.4, -0.2) is 55.6 Å². The van der Waals surface area contributed by atoms with E-state index >= 15 is 0 Å². The van der Waals surface area contributed by atoms with Crippen LogP contribution in [0.4, 0.5) is 4.79 Å². The first-order valence-electron chi connectivity index (χ1n) is 7.80. The fraction of sp³-hybridized carbons (Fsp3) is 0.938. The smallest absolute Gasteiger partial charge is 0.410 e. The molecule has 1 aliphatic heterocycles. The van der Waals surface area contributed by atoms with E-state index in [0.29, 0.717) is 13.0 Å². The van der Waals surface area contributed by atoms with Crippen LogP contribution >= 0.6 is 0 Å². The van der Waals surface area contributed by atoms with Gasteiger partial charge in [-0.3, -0.25) is 0 Å². The second-order valence-electron chi connectivity index (χ2n) is 6.76. The van der Waals surface area contributed by atoms with E-state index in [2.05, 4.69) is 0 Å². The predicted molar refractivity (Wildman–Crippen MR) is 82.5 cm³/mol. The number of hydrogen-bond acceptors (Lipinski definition) is 4. The molecule has 2 atom stereocenters. The maximum atomic E-state index is 12.5. The Kier molecular flexibility index (Phi) is 6.47. The van der Waals surface area contributed by atoms with Crippen LogP contribution < -0.4 is 0 Å². The molecule has 1 rings (SSSR count). The summed E-state index contributed by atoms with van der Waals surface area (Å²) in [5.41, 5.74) is -0.835. The third kappa shape index (κ3) is 5.15. The summed E-state index contributed by atoms with van der Waals surface area (Å²) in [5, 5.41) is 0. The van der Waals surface area contributed by atoms with Crippen molar-refractivity contribution in [2.45, 2.75) is 70.6 Å². The average molecular weight is 301 g/mol. The van der Waals surface area contributed by atoms with E-state index < -0.39 is 5.60 Å². The highest BCUT2D eigenvalue weighted by atomic mass is 16.6. The number of carbonyl (C=O) groups is 1. The van der Waals surface area contributed by atoms with E-state index in [1.165, 1.54) is 0 Å². The molecule has 5 nitrogen and oxygen atoms in total. The van der Waals surface area contributed by atoms with Gasteiger partial charge in [0.15, 0.2) is 0 Å². The van der Waals surface area contributed by atoms with Crippen LogP contribution in [0.2, 0.25) is 0 Å². The Balaban J connectivity index is 2.69. The van der Waals surface area contributed by atoms with Gasteiger partial charge in [0, 0.05) is 27.2 Å². The summed E-state index contributed by atoms with van der Waals surface area (Å²) in [6.45, 7) is 9.36. The number of ether oxygens (including phenoxy) is 3. The van der Waals surface area contributed by atoms with Gasteiger partial charge in [0.1, 0.15) is 5.60 Å². The van der Waals surface area contributed by atoms with Gasteiger partial charge in [-0.15, -0.1) is 0 Å². The molecule has 0 aromatic carbocycles. The molecule has 0 N–H and O–H groups in total. The number of rotatable bonds is 7. The molecule has 5 heteroatoms. The van der Waals surface area contributed by atoms with Crippen LogP contribution in [0, 0.1) is 0 Å². The molecule has 1 aliphatic rings. The maximum absolute atomic E-state index is 12.5. The van der Waals surface area contributed by atoms with E-state index in [9.17, 15) is 4.79 Å². The summed E-state index contributed by atoms with van der Waals surface area (Å²) < 4.78 is 16.5. The lowest BCUT2D eigenvalue weighted by Gasteiger charge is -2.37. The normalized spacial score (nSPS) is 22.2. The molecule has 1 heterocycles. The summed E-state index contributed by atoms with van der Waals surface area (Å²) in [6, 6.07) is 0.138. The molecule has 0 bridgehead atoms. The van der Waals surface area contributed by atoms with E-state index in [4.69, 9.17) is 14.2 Å². The maximum Gasteiger partial charge on any atom is 0.410 e. The number of likely N-dealkylation sites (tertiary alicyclic amines) is 1. The number of carbonyl (C=O) groups excluding carboxylic acids is 1. The minimum absolute atomic E-state index is 0.138. The first-order chi connectivity index (χ1) is 9.77. The summed E-state index contributed by atoms with van der Waals surface area (Å²) in [7, 11) is 3.35. The summed E-state index contributed by atoms with van der Waals surface area (Å²) >= 11 is 0. The van der Waals surface area contributed by atoms with Crippen molar-refractivity contribution in [3.8, 4) is 0 Å². The first-order valence-corrected chi connectivity index (χ1v) is 7.80. The minimum atomic E-state index is -0.517. The Hall–Kier alpha value is -0.810. The highest BCUT2D eigenvalue weighted by Crippen LogP contribution is 2.30. The van der Waals surface area contributed by atoms with Crippen molar-refractivity contribution >= 4 is 6.09 Å². The monoisotopic (exact) mass is 301 g/mol. The van der Waals surface area contributed by atoms with E-state index in [1.54, 1.807) is 19.1 Å². The zero-order valence-electron chi connectivity index (χ0n) is 14.4. The van der Waals surface area contributed by atoms with Gasteiger partial charge >= 0.3 is 6.09 Å². The van der Waals surface area contributed by atoms with Crippen LogP contribution in [0.3, 0.4) is 0 Å². The molecule has 21 heavy (non-hydrogen) atoms. The molecular formula is C16H31NO4. The van der Waals surface area contributed by atoms with Crippen molar-refractivity contribution in [1.29, 1.82) is 0 Å². The van der Waals surface area contributed by atoms with Crippen LogP contribution in [-0.2, 0) is 14.2 Å². The second kappa shape index (κ2) is 7.45. The standard InChI is InChI=1S/C16H31NO4/c1-7-16(4,12-15(2,3)20-6)21-14(18)17-10-8-9-13(17)11-19-5/h13H,7-12H2,1-6H3. The Morgan fingerprint density at radius 1 is 1.29 bits per heavy atom. The molecule has 1 saturated heterocycles. The van der Waals surface area contributed by atoms with E-state index in [-0.39, 0.29) is 17.7 Å². The lowest BCUT2D eigenvalue weighted by molar-refractivity contribution is -0.0746. The molecule has 0 aromatic rings. The summed E-state index contributed by atoms with van der Waals surface area (Å²) in [6.07, 6.45) is 3.19. The van der Waals surface area contributed by atoms with Crippen LogP contribution in [0.25, 0.3) is 0 Å². The van der Waals surface area contributed by atoms with Gasteiger partial charge in [0.05, 0.1) is 18.2 Å². The van der Waals surface area contributed by atoms with E-state index in [1.807, 2.05) is 27.7 Å². The molecule has 0 aliphatic carbocycles. The van der Waals surface area contributed by atoms with Gasteiger partial charge < -0.3 is 19.1 Å². The van der Waals surface area contributed by atoms with Crippen molar-refractivity contribution < 1.29 is 19.0 Å². The van der Waals surface area contributed by atoms with Crippen molar-refractivity contribution in [2.24, 2.45) is 0 Å². The molecule has 124 valence electrons. The largest absolute Gasteiger partial charge is 0.443 e. The Bertz CT molecular complexity index is 345. The lowest BCUT2D eigenvalue weighted by Crippen LogP contribution is -2.46. The fourth-order valence-electron chi connectivity index (χ4n) is 2.92. The number of nitrogens with zero attached hydrogens (tertiary/aromatic N) is 1. The molecule has 0 aromatic heterocycles. The Morgan fingerprint density at radius 3 is 2.48 bits per heavy atom. The molecule has 0 radical (unpaired) electrons. The zero-order chi connectivity index (χ0) is 16.1. The topological polar surface area (TPSA) is 48.0 Å². The van der Waals surface area contributed by atoms with Gasteiger partial charge in [-0.1, -0.05) is 6.92 Å². The number of amides is 1. The van der Waals surface area contributed by atoms with Gasteiger partial charge in [-0.2, -0.15) is 0 Å². The molecule has 0 spiro atoms. The average Bonchev–Trinajstić information content (AvgIpc) is 2.87. The van der Waals surface area contributed by atoms with Gasteiger partial charge in [0.25, 0.3) is 0 Å². The van der Waals surface area contributed by atoms with Crippen LogP contribution in [0.5, 0.6) is 0 Å². The molecule has 1 amide bonds. The third-order valence-electron chi connectivity index (χ3n) is 4.40. The first kappa shape index (κ1) is 18.2. The SMILES string of the molecule is CCC(C)(CC(C)(C)OC)OC(=O)N1CCCC1COC. The van der Waals surface area contributed by atoms with Crippen molar-refractivity contribution in [3.05, 3.63) is 0 Å². The minimum Gasteiger partial charge on any atom is -0.443 e. The molecule has 2 unspecified atom stereocenters. The molecule has 1 fully saturated rings. The van der Waals surface area contributed by atoms with Crippen molar-refractivity contribution in [2.75, 3.05) is 27.4 Å². The highest BCUT2D eigenvalue weighted by molar-refractivity contribution is 5.69. The van der Waals surface area contributed by atoms with Gasteiger partial charge in [-0.05, 0) is 40.0 Å². The van der Waals surface area contributed by atoms with Crippen LogP contribution in [0.1, 0.15) is 53.4 Å². The molecular weight excluding hydrogens is 270 g/mol. The second-order valence-corrected chi connectivity index (χ2v) is 6.76. The Labute approximate surface area is 128 Å². The fourth-order valence-corrected chi connectivity index (χ4v) is 2.92. The number of methoxy groups -OCH3 is 2. The van der Waals surface area contributed by atoms with Gasteiger partial charge in [-0.25, -0.2) is 4.79 Å². The van der Waals surface area contributed by atoms with Gasteiger partial charge in [0.2, 0.25) is 0 Å². The van der Waals surface area contributed by atoms with Crippen molar-refractivity contribution in [1.82, 2.24) is 4.90 Å². The predicted octanol–water partition coefficient (Wildman–Crippen LogP) is 3.22. The highest BCUT2D eigenvalue weighted by Gasteiger charge is 2.38. The molecule has 0 saturated carbocycles. The van der Waals surface area contributed by atoms with Crippen LogP contribution in [0.15, 0.2) is 0 Å². The lowest BCUT2D eigenvalue weighted by atomic mass is 9.88. The quantitative estimate of drug-likeness (QED) is 0.724. The zero-order valence-corrected chi connectivity index (χ0v) is 14.4. The number of hydrogen-bond donors (Lipinski definition) is 0. The Morgan fingerprint density at radius 2 is 1.95 bits per heavy atom. The van der Waals surface area contributed by atoms with Crippen molar-refractivity contribution in [3.63, 3.8) is 0 Å².